The number of aromatic carboxylic acids is 1. The first-order valence-electron chi connectivity index (χ1n) is 5.53. The van der Waals surface area contributed by atoms with Crippen molar-refractivity contribution in [1.29, 1.82) is 0 Å². The van der Waals surface area contributed by atoms with Gasteiger partial charge < -0.3 is 5.11 Å². The fourth-order valence-electron chi connectivity index (χ4n) is 2.02. The van der Waals surface area contributed by atoms with E-state index in [1.54, 1.807) is 12.3 Å². The van der Waals surface area contributed by atoms with Crippen LogP contribution in [0.4, 0.5) is 0 Å². The van der Waals surface area contributed by atoms with E-state index in [0.717, 1.165) is 27.4 Å². The molecule has 4 nitrogen and oxygen atoms in total. The lowest BCUT2D eigenvalue weighted by Gasteiger charge is -2.04. The van der Waals surface area contributed by atoms with Crippen LogP contribution in [-0.4, -0.2) is 21.0 Å². The number of benzene rings is 1. The van der Waals surface area contributed by atoms with E-state index in [9.17, 15) is 4.79 Å². The van der Waals surface area contributed by atoms with Gasteiger partial charge in [-0.15, -0.1) is 0 Å². The van der Waals surface area contributed by atoms with Crippen molar-refractivity contribution in [3.8, 4) is 0 Å². The van der Waals surface area contributed by atoms with Gasteiger partial charge in [0.1, 0.15) is 0 Å². The van der Waals surface area contributed by atoms with Gasteiger partial charge in [-0.1, -0.05) is 12.1 Å². The zero-order chi connectivity index (χ0) is 12.7. The summed E-state index contributed by atoms with van der Waals surface area (Å²) in [5, 5.41) is 10.7. The molecular weight excluding hydrogens is 228 g/mol. The van der Waals surface area contributed by atoms with E-state index in [4.69, 9.17) is 5.11 Å². The third kappa shape index (κ3) is 1.59. The van der Waals surface area contributed by atoms with Crippen LogP contribution < -0.4 is 0 Å². The van der Waals surface area contributed by atoms with Crippen LogP contribution in [0, 0.1) is 6.92 Å². The Labute approximate surface area is 103 Å². The van der Waals surface area contributed by atoms with Gasteiger partial charge >= 0.3 is 5.97 Å². The van der Waals surface area contributed by atoms with Crippen LogP contribution in [0.2, 0.25) is 0 Å². The lowest BCUT2D eigenvalue weighted by atomic mass is 10.1. The predicted molar refractivity (Wildman–Crippen MR) is 68.7 cm³/mol. The average Bonchev–Trinajstić information content (AvgIpc) is 2.37. The Hall–Kier alpha value is -2.49. The molecule has 0 radical (unpaired) electrons. The molecule has 0 saturated carbocycles. The molecule has 0 atom stereocenters. The molecule has 2 heterocycles. The Morgan fingerprint density at radius 2 is 1.67 bits per heavy atom. The minimum atomic E-state index is -0.971. The maximum absolute atomic E-state index is 10.9. The summed E-state index contributed by atoms with van der Waals surface area (Å²) in [6.07, 6.45) is 3.15. The summed E-state index contributed by atoms with van der Waals surface area (Å²) in [4.78, 5) is 19.5. The number of hydrogen-bond acceptors (Lipinski definition) is 3. The van der Waals surface area contributed by atoms with Gasteiger partial charge in [0, 0.05) is 23.2 Å². The van der Waals surface area contributed by atoms with Crippen LogP contribution in [0.5, 0.6) is 0 Å². The first kappa shape index (κ1) is 10.7. The SMILES string of the molecule is Cc1cnc2c(ccc3cc(C(=O)O)cnc32)c1. The number of nitrogens with zero attached hydrogens (tertiary/aromatic N) is 2. The highest BCUT2D eigenvalue weighted by atomic mass is 16.4. The average molecular weight is 238 g/mol. The van der Waals surface area contributed by atoms with Gasteiger partial charge in [0.25, 0.3) is 0 Å². The Morgan fingerprint density at radius 3 is 2.33 bits per heavy atom. The number of pyridine rings is 2. The minimum absolute atomic E-state index is 0.189. The van der Waals surface area contributed by atoms with E-state index in [2.05, 4.69) is 9.97 Å². The largest absolute Gasteiger partial charge is 0.478 e. The van der Waals surface area contributed by atoms with Gasteiger partial charge in [-0.05, 0) is 24.6 Å². The van der Waals surface area contributed by atoms with E-state index in [1.165, 1.54) is 6.20 Å². The van der Waals surface area contributed by atoms with Crippen molar-refractivity contribution in [3.63, 3.8) is 0 Å². The molecule has 0 fully saturated rings. The summed E-state index contributed by atoms with van der Waals surface area (Å²) >= 11 is 0. The fraction of sp³-hybridized carbons (Fsp3) is 0.0714. The fourth-order valence-corrected chi connectivity index (χ4v) is 2.02. The summed E-state index contributed by atoms with van der Waals surface area (Å²) in [7, 11) is 0. The molecule has 0 bridgehead atoms. The molecule has 0 amide bonds. The molecule has 0 unspecified atom stereocenters. The van der Waals surface area contributed by atoms with Crippen LogP contribution in [0.15, 0.2) is 36.7 Å². The molecule has 0 saturated heterocycles. The molecule has 3 rings (SSSR count). The molecule has 18 heavy (non-hydrogen) atoms. The van der Waals surface area contributed by atoms with Gasteiger partial charge in [-0.2, -0.15) is 0 Å². The molecule has 88 valence electrons. The quantitative estimate of drug-likeness (QED) is 0.662. The Morgan fingerprint density at radius 1 is 1.06 bits per heavy atom. The third-order valence-electron chi connectivity index (χ3n) is 2.88. The Bertz CT molecular complexity index is 781. The van der Waals surface area contributed by atoms with Crippen molar-refractivity contribution in [2.75, 3.05) is 0 Å². The van der Waals surface area contributed by atoms with Crippen LogP contribution >= 0.6 is 0 Å². The number of rotatable bonds is 1. The molecule has 0 aliphatic carbocycles. The summed E-state index contributed by atoms with van der Waals surface area (Å²) in [6, 6.07) is 7.46. The van der Waals surface area contributed by atoms with Crippen LogP contribution in [0.3, 0.4) is 0 Å². The second kappa shape index (κ2) is 3.77. The lowest BCUT2D eigenvalue weighted by molar-refractivity contribution is 0.0696. The number of aryl methyl sites for hydroxylation is 1. The van der Waals surface area contributed by atoms with Gasteiger partial charge in [-0.25, -0.2) is 4.79 Å². The number of fused-ring (bicyclic) bond motifs is 3. The lowest BCUT2D eigenvalue weighted by Crippen LogP contribution is -1.97. The van der Waals surface area contributed by atoms with E-state index >= 15 is 0 Å². The van der Waals surface area contributed by atoms with Crippen molar-refractivity contribution in [3.05, 3.63) is 47.8 Å². The molecule has 0 aliphatic rings. The van der Waals surface area contributed by atoms with Gasteiger partial charge in [0.2, 0.25) is 0 Å². The van der Waals surface area contributed by atoms with Crippen LogP contribution in [0.1, 0.15) is 15.9 Å². The number of hydrogen-bond donors (Lipinski definition) is 1. The smallest absolute Gasteiger partial charge is 0.337 e. The van der Waals surface area contributed by atoms with Gasteiger partial charge in [0.05, 0.1) is 16.6 Å². The molecule has 1 N–H and O–H groups in total. The molecule has 3 aromatic rings. The topological polar surface area (TPSA) is 63.1 Å². The second-order valence-corrected chi connectivity index (χ2v) is 4.25. The number of carboxylic acids is 1. The van der Waals surface area contributed by atoms with Crippen LogP contribution in [-0.2, 0) is 0 Å². The Balaban J connectivity index is 2.38. The van der Waals surface area contributed by atoms with E-state index in [1.807, 2.05) is 25.1 Å². The van der Waals surface area contributed by atoms with Crippen molar-refractivity contribution < 1.29 is 9.90 Å². The maximum atomic E-state index is 10.9. The van der Waals surface area contributed by atoms with Crippen molar-refractivity contribution >= 4 is 27.8 Å². The number of aromatic nitrogens is 2. The number of carbonyl (C=O) groups is 1. The second-order valence-electron chi connectivity index (χ2n) is 4.25. The zero-order valence-electron chi connectivity index (χ0n) is 9.71. The van der Waals surface area contributed by atoms with E-state index in [0.29, 0.717) is 0 Å². The highest BCUT2D eigenvalue weighted by Crippen LogP contribution is 2.23. The number of carboxylic acid groups (broad SMARTS) is 1. The Kier molecular flexibility index (Phi) is 2.23. The molecule has 0 aliphatic heterocycles. The zero-order valence-corrected chi connectivity index (χ0v) is 9.71. The first-order valence-corrected chi connectivity index (χ1v) is 5.53. The van der Waals surface area contributed by atoms with E-state index in [-0.39, 0.29) is 5.56 Å². The summed E-state index contributed by atoms with van der Waals surface area (Å²) in [5.41, 5.74) is 2.81. The molecule has 4 heteroatoms. The van der Waals surface area contributed by atoms with E-state index < -0.39 is 5.97 Å². The monoisotopic (exact) mass is 238 g/mol. The summed E-state index contributed by atoms with van der Waals surface area (Å²) in [6.45, 7) is 1.98. The predicted octanol–water partition coefficient (Wildman–Crippen LogP) is 2.79. The maximum Gasteiger partial charge on any atom is 0.337 e. The highest BCUT2D eigenvalue weighted by molar-refractivity contribution is 6.04. The minimum Gasteiger partial charge on any atom is -0.478 e. The highest BCUT2D eigenvalue weighted by Gasteiger charge is 2.07. The van der Waals surface area contributed by atoms with Crippen molar-refractivity contribution in [2.45, 2.75) is 6.92 Å². The molecule has 0 spiro atoms. The van der Waals surface area contributed by atoms with Crippen LogP contribution in [0.25, 0.3) is 21.8 Å². The normalized spacial score (nSPS) is 10.9. The third-order valence-corrected chi connectivity index (χ3v) is 2.88. The summed E-state index contributed by atoms with van der Waals surface area (Å²) < 4.78 is 0. The summed E-state index contributed by atoms with van der Waals surface area (Å²) in [5.74, 6) is -0.971. The van der Waals surface area contributed by atoms with Crippen molar-refractivity contribution in [2.24, 2.45) is 0 Å². The van der Waals surface area contributed by atoms with Gasteiger partial charge in [-0.3, -0.25) is 9.97 Å². The first-order chi connectivity index (χ1) is 8.65. The standard InChI is InChI=1S/C14H10N2O2/c1-8-4-9-2-3-10-5-11(14(17)18)7-16-13(10)12(9)15-6-8/h2-7H,1H3,(H,17,18). The molecule has 2 aromatic heterocycles. The molecular formula is C14H10N2O2. The van der Waals surface area contributed by atoms with Crippen molar-refractivity contribution in [1.82, 2.24) is 9.97 Å². The molecule has 1 aromatic carbocycles. The van der Waals surface area contributed by atoms with Gasteiger partial charge in [0.15, 0.2) is 0 Å².